The molecule has 0 aliphatic carbocycles. The van der Waals surface area contributed by atoms with E-state index in [2.05, 4.69) is 5.32 Å². The Morgan fingerprint density at radius 1 is 1.25 bits per heavy atom. The second-order valence-electron chi connectivity index (χ2n) is 7.88. The van der Waals surface area contributed by atoms with Crippen LogP contribution in [0.25, 0.3) is 0 Å². The molecule has 2 atom stereocenters. The van der Waals surface area contributed by atoms with Crippen molar-refractivity contribution in [1.29, 1.82) is 0 Å². The lowest BCUT2D eigenvalue weighted by atomic mass is 10.0. The van der Waals surface area contributed by atoms with Crippen molar-refractivity contribution in [3.05, 3.63) is 34.9 Å². The Bertz CT molecular complexity index is 844. The SMILES string of the molecule is N[C@@H]1CN(Cc2ccc3c(c2)CN(C2CCC(=O)NC2=O)C3=O)CC(F)(F)C1. The van der Waals surface area contributed by atoms with Crippen molar-refractivity contribution in [3.63, 3.8) is 0 Å². The van der Waals surface area contributed by atoms with Gasteiger partial charge in [-0.15, -0.1) is 0 Å². The van der Waals surface area contributed by atoms with Crippen molar-refractivity contribution in [1.82, 2.24) is 15.1 Å². The van der Waals surface area contributed by atoms with Gasteiger partial charge >= 0.3 is 0 Å². The van der Waals surface area contributed by atoms with E-state index in [9.17, 15) is 23.2 Å². The zero-order chi connectivity index (χ0) is 20.1. The molecule has 3 amide bonds. The van der Waals surface area contributed by atoms with Gasteiger partial charge in [0, 0.05) is 44.1 Å². The van der Waals surface area contributed by atoms with Crippen LogP contribution in [0.1, 0.15) is 40.7 Å². The molecule has 2 saturated heterocycles. The molecule has 7 nitrogen and oxygen atoms in total. The van der Waals surface area contributed by atoms with Crippen molar-refractivity contribution in [2.45, 2.75) is 50.4 Å². The van der Waals surface area contributed by atoms with E-state index in [1.54, 1.807) is 17.0 Å². The fourth-order valence-corrected chi connectivity index (χ4v) is 4.34. The molecule has 2 fully saturated rings. The molecule has 3 heterocycles. The minimum absolute atomic E-state index is 0.200. The topological polar surface area (TPSA) is 95.7 Å². The van der Waals surface area contributed by atoms with Gasteiger partial charge in [-0.05, 0) is 23.6 Å². The smallest absolute Gasteiger partial charge is 0.262 e. The number of hydrogen-bond donors (Lipinski definition) is 2. The highest BCUT2D eigenvalue weighted by Crippen LogP contribution is 2.30. The van der Waals surface area contributed by atoms with E-state index in [0.717, 1.165) is 11.1 Å². The van der Waals surface area contributed by atoms with Gasteiger partial charge < -0.3 is 10.6 Å². The zero-order valence-electron chi connectivity index (χ0n) is 15.3. The second-order valence-corrected chi connectivity index (χ2v) is 7.88. The number of fused-ring (bicyclic) bond motifs is 1. The first-order valence-corrected chi connectivity index (χ1v) is 9.34. The van der Waals surface area contributed by atoms with E-state index in [4.69, 9.17) is 5.73 Å². The zero-order valence-corrected chi connectivity index (χ0v) is 15.3. The number of benzene rings is 1. The van der Waals surface area contributed by atoms with E-state index in [0.29, 0.717) is 25.1 Å². The maximum Gasteiger partial charge on any atom is 0.262 e. The Labute approximate surface area is 160 Å². The van der Waals surface area contributed by atoms with E-state index in [1.807, 2.05) is 6.07 Å². The van der Waals surface area contributed by atoms with Crippen LogP contribution in [0.5, 0.6) is 0 Å². The fourth-order valence-electron chi connectivity index (χ4n) is 4.34. The number of rotatable bonds is 3. The highest BCUT2D eigenvalue weighted by Gasteiger charge is 2.40. The molecule has 0 spiro atoms. The van der Waals surface area contributed by atoms with Gasteiger partial charge in [-0.3, -0.25) is 24.6 Å². The van der Waals surface area contributed by atoms with E-state index in [1.165, 1.54) is 4.90 Å². The summed E-state index contributed by atoms with van der Waals surface area (Å²) in [4.78, 5) is 39.2. The number of halogens is 2. The van der Waals surface area contributed by atoms with E-state index in [-0.39, 0.29) is 37.7 Å². The molecule has 1 aromatic rings. The van der Waals surface area contributed by atoms with Crippen molar-refractivity contribution in [2.75, 3.05) is 13.1 Å². The number of hydrogen-bond acceptors (Lipinski definition) is 5. The maximum absolute atomic E-state index is 13.8. The summed E-state index contributed by atoms with van der Waals surface area (Å²) in [7, 11) is 0. The predicted molar refractivity (Wildman–Crippen MR) is 95.3 cm³/mol. The number of likely N-dealkylation sites (tertiary alicyclic amines) is 1. The van der Waals surface area contributed by atoms with Crippen LogP contribution in [0.3, 0.4) is 0 Å². The monoisotopic (exact) mass is 392 g/mol. The normalized spacial score (nSPS) is 27.7. The number of piperidine rings is 2. The van der Waals surface area contributed by atoms with Gasteiger partial charge in [-0.2, -0.15) is 0 Å². The van der Waals surface area contributed by atoms with Crippen LogP contribution < -0.4 is 11.1 Å². The Balaban J connectivity index is 1.48. The average molecular weight is 392 g/mol. The third-order valence-corrected chi connectivity index (χ3v) is 5.50. The van der Waals surface area contributed by atoms with Crippen molar-refractivity contribution < 1.29 is 23.2 Å². The minimum Gasteiger partial charge on any atom is -0.326 e. The standard InChI is InChI=1S/C19H22F2N4O3/c20-19(21)6-13(22)9-24(10-19)7-11-1-2-14-12(5-11)8-25(18(14)28)15-3-4-16(26)23-17(15)27/h1-2,5,13,15H,3-4,6-10,22H2,(H,23,26,27)/t13-,15?/m0/s1. The molecule has 9 heteroatoms. The van der Waals surface area contributed by atoms with Gasteiger partial charge in [0.1, 0.15) is 6.04 Å². The number of nitrogens with zero attached hydrogens (tertiary/aromatic N) is 2. The van der Waals surface area contributed by atoms with Crippen LogP contribution in [0.4, 0.5) is 8.78 Å². The lowest BCUT2D eigenvalue weighted by molar-refractivity contribution is -0.136. The molecule has 0 bridgehead atoms. The molecule has 4 rings (SSSR count). The first-order chi connectivity index (χ1) is 13.2. The van der Waals surface area contributed by atoms with Crippen LogP contribution in [0, 0.1) is 0 Å². The molecule has 1 aromatic carbocycles. The van der Waals surface area contributed by atoms with Crippen molar-refractivity contribution in [3.8, 4) is 0 Å². The van der Waals surface area contributed by atoms with Crippen LogP contribution in [0.2, 0.25) is 0 Å². The average Bonchev–Trinajstić information content (AvgIpc) is 2.89. The van der Waals surface area contributed by atoms with Crippen molar-refractivity contribution in [2.24, 2.45) is 5.73 Å². The summed E-state index contributed by atoms with van der Waals surface area (Å²) in [6.07, 6.45) is 0.201. The molecule has 0 saturated carbocycles. The van der Waals surface area contributed by atoms with Gasteiger partial charge in [-0.25, -0.2) is 8.78 Å². The summed E-state index contributed by atoms with van der Waals surface area (Å²) in [6.45, 7) is 0.653. The molecule has 3 aliphatic heterocycles. The summed E-state index contributed by atoms with van der Waals surface area (Å²) in [5.74, 6) is -3.83. The van der Waals surface area contributed by atoms with Gasteiger partial charge in [-0.1, -0.05) is 12.1 Å². The first-order valence-electron chi connectivity index (χ1n) is 9.34. The van der Waals surface area contributed by atoms with Crippen LogP contribution >= 0.6 is 0 Å². The lowest BCUT2D eigenvalue weighted by Crippen LogP contribution is -2.52. The molecule has 0 aromatic heterocycles. The van der Waals surface area contributed by atoms with Gasteiger partial charge in [0.25, 0.3) is 11.8 Å². The Hall–Kier alpha value is -2.39. The van der Waals surface area contributed by atoms with Crippen LogP contribution in [0.15, 0.2) is 18.2 Å². The first kappa shape index (κ1) is 18.9. The second kappa shape index (κ2) is 6.89. The van der Waals surface area contributed by atoms with E-state index < -0.39 is 23.9 Å². The summed E-state index contributed by atoms with van der Waals surface area (Å²) in [6, 6.07) is 4.03. The summed E-state index contributed by atoms with van der Waals surface area (Å²) < 4.78 is 27.5. The Morgan fingerprint density at radius 2 is 2.04 bits per heavy atom. The van der Waals surface area contributed by atoms with Gasteiger partial charge in [0.2, 0.25) is 11.8 Å². The number of alkyl halides is 2. The van der Waals surface area contributed by atoms with E-state index >= 15 is 0 Å². The molecule has 28 heavy (non-hydrogen) atoms. The van der Waals surface area contributed by atoms with Crippen LogP contribution in [-0.2, 0) is 22.7 Å². The molecular formula is C19H22F2N4O3. The molecule has 0 radical (unpaired) electrons. The molecule has 3 N–H and O–H groups in total. The Kier molecular flexibility index (Phi) is 4.67. The number of carbonyl (C=O) groups excluding carboxylic acids is 3. The summed E-state index contributed by atoms with van der Waals surface area (Å²) >= 11 is 0. The third kappa shape index (κ3) is 3.64. The number of imide groups is 1. The minimum atomic E-state index is -2.80. The maximum atomic E-state index is 13.8. The number of nitrogens with two attached hydrogens (primary N) is 1. The molecule has 1 unspecified atom stereocenters. The summed E-state index contributed by atoms with van der Waals surface area (Å²) in [5.41, 5.74) is 7.85. The van der Waals surface area contributed by atoms with Gasteiger partial charge in [0.15, 0.2) is 0 Å². The number of carbonyl (C=O) groups is 3. The summed E-state index contributed by atoms with van der Waals surface area (Å²) in [5, 5.41) is 2.27. The molecular weight excluding hydrogens is 370 g/mol. The van der Waals surface area contributed by atoms with Gasteiger partial charge in [0.05, 0.1) is 6.54 Å². The highest BCUT2D eigenvalue weighted by molar-refractivity contribution is 6.05. The number of amides is 3. The van der Waals surface area contributed by atoms with Crippen molar-refractivity contribution >= 4 is 17.7 Å². The largest absolute Gasteiger partial charge is 0.326 e. The quantitative estimate of drug-likeness (QED) is 0.735. The fraction of sp³-hybridized carbons (Fsp3) is 0.526. The molecule has 3 aliphatic rings. The van der Waals surface area contributed by atoms with Crippen LogP contribution in [-0.4, -0.2) is 58.6 Å². The lowest BCUT2D eigenvalue weighted by Gasteiger charge is -2.36. The predicted octanol–water partition coefficient (Wildman–Crippen LogP) is 0.616. The molecule has 150 valence electrons. The number of nitrogens with one attached hydrogen (secondary N) is 1. The third-order valence-electron chi connectivity index (χ3n) is 5.50. The Morgan fingerprint density at radius 3 is 2.75 bits per heavy atom. The highest BCUT2D eigenvalue weighted by atomic mass is 19.3.